The minimum atomic E-state index is -3.93. The molecule has 9 heteroatoms. The summed E-state index contributed by atoms with van der Waals surface area (Å²) in [4.78, 5) is 14.1. The molecule has 31 heavy (non-hydrogen) atoms. The molecule has 160 valence electrons. The van der Waals surface area contributed by atoms with Gasteiger partial charge < -0.3 is 10.1 Å². The first-order valence-corrected chi connectivity index (χ1v) is 12.4. The van der Waals surface area contributed by atoms with Crippen LogP contribution in [0.4, 0.5) is 11.4 Å². The van der Waals surface area contributed by atoms with Crippen LogP contribution in [-0.4, -0.2) is 33.2 Å². The van der Waals surface area contributed by atoms with Gasteiger partial charge in [-0.25, -0.2) is 8.42 Å². The predicted molar refractivity (Wildman–Crippen MR) is 124 cm³/mol. The number of fused-ring (bicyclic) bond motifs is 1. The third-order valence-corrected chi connectivity index (χ3v) is 7.51. The molecule has 0 fully saturated rings. The average Bonchev–Trinajstić information content (AvgIpc) is 2.79. The third kappa shape index (κ3) is 4.51. The van der Waals surface area contributed by atoms with Gasteiger partial charge in [-0.15, -0.1) is 11.8 Å². The molecule has 3 aromatic carbocycles. The van der Waals surface area contributed by atoms with Crippen LogP contribution < -0.4 is 14.4 Å². The number of hydrogen-bond donors (Lipinski definition) is 1. The first-order valence-electron chi connectivity index (χ1n) is 9.37. The van der Waals surface area contributed by atoms with Gasteiger partial charge in [-0.3, -0.25) is 9.10 Å². The number of halogens is 1. The fourth-order valence-electron chi connectivity index (χ4n) is 3.23. The van der Waals surface area contributed by atoms with E-state index in [-0.39, 0.29) is 17.2 Å². The molecule has 4 rings (SSSR count). The number of ether oxygens (including phenoxy) is 1. The van der Waals surface area contributed by atoms with E-state index in [1.54, 1.807) is 48.2 Å². The fraction of sp³-hybridized carbons (Fsp3) is 0.136. The highest BCUT2D eigenvalue weighted by atomic mass is 35.5. The van der Waals surface area contributed by atoms with Gasteiger partial charge in [0.15, 0.2) is 6.10 Å². The second-order valence-corrected chi connectivity index (χ2v) is 9.97. The second-order valence-electron chi connectivity index (χ2n) is 6.79. The van der Waals surface area contributed by atoms with E-state index in [1.165, 1.54) is 22.5 Å². The van der Waals surface area contributed by atoms with Crippen molar-refractivity contribution in [2.75, 3.05) is 22.4 Å². The first kappa shape index (κ1) is 21.5. The van der Waals surface area contributed by atoms with Crippen LogP contribution in [0.3, 0.4) is 0 Å². The Labute approximate surface area is 190 Å². The van der Waals surface area contributed by atoms with Crippen LogP contribution in [0, 0.1) is 0 Å². The SMILES string of the molecule is CSc1cccc(NC(=O)C2CN(S(=O)(=O)c3ccccc3)c3cc(Cl)ccc3O2)c1. The molecular weight excluding hydrogens is 456 g/mol. The lowest BCUT2D eigenvalue weighted by atomic mass is 10.2. The maximum Gasteiger partial charge on any atom is 0.267 e. The standard InChI is InChI=1S/C22H19ClN2O4S2/c1-30-17-7-5-6-16(13-17)24-22(26)21-14-25(19-12-15(23)10-11-20(19)29-21)31(27,28)18-8-3-2-4-9-18/h2-13,21H,14H2,1H3,(H,24,26). The molecule has 1 atom stereocenters. The summed E-state index contributed by atoms with van der Waals surface area (Å²) in [6.45, 7) is -0.182. The highest BCUT2D eigenvalue weighted by molar-refractivity contribution is 7.98. The van der Waals surface area contributed by atoms with Crippen LogP contribution in [0.5, 0.6) is 5.75 Å². The van der Waals surface area contributed by atoms with Gasteiger partial charge in [0.1, 0.15) is 5.75 Å². The molecule has 0 aliphatic carbocycles. The number of carbonyl (C=O) groups is 1. The molecule has 1 N–H and O–H groups in total. The summed E-state index contributed by atoms with van der Waals surface area (Å²) in [5.41, 5.74) is 0.907. The Balaban J connectivity index is 1.68. The van der Waals surface area contributed by atoms with Gasteiger partial charge in [0.05, 0.1) is 17.1 Å². The third-order valence-electron chi connectivity index (χ3n) is 4.75. The van der Waals surface area contributed by atoms with E-state index < -0.39 is 22.0 Å². The molecule has 6 nitrogen and oxygen atoms in total. The van der Waals surface area contributed by atoms with Crippen molar-refractivity contribution in [3.8, 4) is 5.75 Å². The van der Waals surface area contributed by atoms with Crippen molar-refractivity contribution in [2.45, 2.75) is 15.9 Å². The topological polar surface area (TPSA) is 75.7 Å². The van der Waals surface area contributed by atoms with Crippen molar-refractivity contribution in [1.82, 2.24) is 0 Å². The molecule has 0 saturated carbocycles. The number of benzene rings is 3. The van der Waals surface area contributed by atoms with Crippen LogP contribution in [0.2, 0.25) is 5.02 Å². The fourth-order valence-corrected chi connectivity index (χ4v) is 5.35. The molecule has 1 amide bonds. The molecule has 1 unspecified atom stereocenters. The van der Waals surface area contributed by atoms with Gasteiger partial charge in [0, 0.05) is 15.6 Å². The molecule has 1 aliphatic heterocycles. The zero-order valence-electron chi connectivity index (χ0n) is 16.5. The van der Waals surface area contributed by atoms with Gasteiger partial charge in [-0.05, 0) is 54.8 Å². The minimum absolute atomic E-state index is 0.120. The normalized spacial score (nSPS) is 15.7. The highest BCUT2D eigenvalue weighted by Gasteiger charge is 2.37. The van der Waals surface area contributed by atoms with Crippen molar-refractivity contribution in [2.24, 2.45) is 0 Å². The zero-order chi connectivity index (χ0) is 22.0. The molecule has 0 bridgehead atoms. The van der Waals surface area contributed by atoms with Gasteiger partial charge in [0.2, 0.25) is 0 Å². The van der Waals surface area contributed by atoms with Crippen LogP contribution in [0.15, 0.2) is 82.6 Å². The lowest BCUT2D eigenvalue weighted by Gasteiger charge is -2.34. The molecular formula is C22H19ClN2O4S2. The van der Waals surface area contributed by atoms with Crippen LogP contribution in [0.25, 0.3) is 0 Å². The predicted octanol–water partition coefficient (Wildman–Crippen LogP) is 4.66. The number of carbonyl (C=O) groups excluding carboxylic acids is 1. The Morgan fingerprint density at radius 1 is 1.10 bits per heavy atom. The van der Waals surface area contributed by atoms with Gasteiger partial charge in [0.25, 0.3) is 15.9 Å². The van der Waals surface area contributed by atoms with E-state index in [2.05, 4.69) is 5.32 Å². The molecule has 1 aliphatic rings. The molecule has 3 aromatic rings. The Morgan fingerprint density at radius 3 is 2.61 bits per heavy atom. The van der Waals surface area contributed by atoms with Crippen LogP contribution in [0.1, 0.15) is 0 Å². The largest absolute Gasteiger partial charge is 0.476 e. The molecule has 0 saturated heterocycles. The first-order chi connectivity index (χ1) is 14.9. The summed E-state index contributed by atoms with van der Waals surface area (Å²) in [6.07, 6.45) is 0.907. The smallest absolute Gasteiger partial charge is 0.267 e. The summed E-state index contributed by atoms with van der Waals surface area (Å²) in [7, 11) is -3.93. The molecule has 0 radical (unpaired) electrons. The molecule has 1 heterocycles. The summed E-state index contributed by atoms with van der Waals surface area (Å²) in [6, 6.07) is 20.1. The number of nitrogens with one attached hydrogen (secondary N) is 1. The quantitative estimate of drug-likeness (QED) is 0.544. The summed E-state index contributed by atoms with van der Waals surface area (Å²) in [5, 5.41) is 3.18. The van der Waals surface area contributed by atoms with E-state index in [1.807, 2.05) is 24.5 Å². The lowest BCUT2D eigenvalue weighted by Crippen LogP contribution is -2.48. The number of anilines is 2. The summed E-state index contributed by atoms with van der Waals surface area (Å²) in [5.74, 6) is -0.166. The van der Waals surface area contributed by atoms with Crippen molar-refractivity contribution >= 4 is 50.7 Å². The second kappa shape index (κ2) is 8.82. The number of thioether (sulfide) groups is 1. The van der Waals surface area contributed by atoms with Crippen molar-refractivity contribution in [3.63, 3.8) is 0 Å². The maximum absolute atomic E-state index is 13.4. The van der Waals surface area contributed by atoms with E-state index in [9.17, 15) is 13.2 Å². The molecule has 0 aromatic heterocycles. The van der Waals surface area contributed by atoms with Gasteiger partial charge >= 0.3 is 0 Å². The summed E-state index contributed by atoms with van der Waals surface area (Å²) < 4.78 is 33.8. The molecule has 0 spiro atoms. The average molecular weight is 475 g/mol. The maximum atomic E-state index is 13.4. The van der Waals surface area contributed by atoms with Crippen molar-refractivity contribution in [3.05, 3.63) is 77.8 Å². The Bertz CT molecular complexity index is 1220. The number of hydrogen-bond acceptors (Lipinski definition) is 5. The number of sulfonamides is 1. The number of rotatable bonds is 5. The Hall–Kier alpha value is -2.68. The monoisotopic (exact) mass is 474 g/mol. The Kier molecular flexibility index (Phi) is 6.13. The van der Waals surface area contributed by atoms with E-state index in [0.717, 1.165) is 4.90 Å². The Morgan fingerprint density at radius 2 is 1.87 bits per heavy atom. The van der Waals surface area contributed by atoms with Crippen LogP contribution >= 0.6 is 23.4 Å². The van der Waals surface area contributed by atoms with Gasteiger partial charge in [-0.2, -0.15) is 0 Å². The van der Waals surface area contributed by atoms with Crippen molar-refractivity contribution < 1.29 is 17.9 Å². The lowest BCUT2D eigenvalue weighted by molar-refractivity contribution is -0.122. The van der Waals surface area contributed by atoms with E-state index in [4.69, 9.17) is 16.3 Å². The summed E-state index contributed by atoms with van der Waals surface area (Å²) >= 11 is 7.67. The minimum Gasteiger partial charge on any atom is -0.476 e. The number of nitrogens with zero attached hydrogens (tertiary/aromatic N) is 1. The van der Waals surface area contributed by atoms with Crippen molar-refractivity contribution in [1.29, 1.82) is 0 Å². The zero-order valence-corrected chi connectivity index (χ0v) is 18.9. The van der Waals surface area contributed by atoms with Crippen LogP contribution in [-0.2, 0) is 14.8 Å². The van der Waals surface area contributed by atoms with E-state index >= 15 is 0 Å². The van der Waals surface area contributed by atoms with E-state index in [0.29, 0.717) is 16.4 Å². The van der Waals surface area contributed by atoms with Gasteiger partial charge in [-0.1, -0.05) is 35.9 Å². The highest BCUT2D eigenvalue weighted by Crippen LogP contribution is 2.39. The number of amides is 1.